The summed E-state index contributed by atoms with van der Waals surface area (Å²) in [7, 11) is 0. The van der Waals surface area contributed by atoms with Crippen molar-refractivity contribution in [2.24, 2.45) is 17.6 Å². The Labute approximate surface area is 98.3 Å². The lowest BCUT2D eigenvalue weighted by molar-refractivity contribution is 0.175. The zero-order valence-electron chi connectivity index (χ0n) is 10.3. The van der Waals surface area contributed by atoms with E-state index in [9.17, 15) is 0 Å². The number of pyridine rings is 1. The van der Waals surface area contributed by atoms with E-state index in [1.165, 1.54) is 6.42 Å². The minimum atomic E-state index is -0.0275. The van der Waals surface area contributed by atoms with Gasteiger partial charge in [-0.3, -0.25) is 4.98 Å². The maximum absolute atomic E-state index is 6.50. The van der Waals surface area contributed by atoms with E-state index in [0.717, 1.165) is 36.8 Å². The van der Waals surface area contributed by atoms with Gasteiger partial charge in [0.05, 0.1) is 0 Å². The Hall–Kier alpha value is -0.890. The third-order valence-electron chi connectivity index (χ3n) is 4.06. The normalized spacial score (nSPS) is 34.9. The first-order chi connectivity index (χ1) is 7.59. The molecule has 1 aliphatic rings. The lowest BCUT2D eigenvalue weighted by Crippen LogP contribution is -2.47. The molecule has 2 rings (SSSR count). The molecule has 2 heteroatoms. The van der Waals surface area contributed by atoms with Crippen molar-refractivity contribution in [3.05, 3.63) is 30.1 Å². The Morgan fingerprint density at radius 2 is 2.19 bits per heavy atom. The van der Waals surface area contributed by atoms with Crippen LogP contribution in [-0.2, 0) is 6.42 Å². The van der Waals surface area contributed by atoms with Crippen LogP contribution in [0, 0.1) is 11.8 Å². The van der Waals surface area contributed by atoms with E-state index < -0.39 is 0 Å². The minimum absolute atomic E-state index is 0.0275. The van der Waals surface area contributed by atoms with Gasteiger partial charge in [0, 0.05) is 23.9 Å². The fourth-order valence-electron chi connectivity index (χ4n) is 2.77. The first kappa shape index (κ1) is 11.6. The minimum Gasteiger partial charge on any atom is -0.325 e. The van der Waals surface area contributed by atoms with Crippen LogP contribution in [0.5, 0.6) is 0 Å². The summed E-state index contributed by atoms with van der Waals surface area (Å²) in [5.74, 6) is 1.56. The van der Waals surface area contributed by atoms with Gasteiger partial charge < -0.3 is 5.73 Å². The zero-order chi connectivity index (χ0) is 11.6. The quantitative estimate of drug-likeness (QED) is 0.829. The molecule has 3 atom stereocenters. The molecule has 0 aliphatic heterocycles. The van der Waals surface area contributed by atoms with Crippen LogP contribution in [0.2, 0.25) is 0 Å². The average Bonchev–Trinajstić information content (AvgIpc) is 2.25. The summed E-state index contributed by atoms with van der Waals surface area (Å²) < 4.78 is 0. The van der Waals surface area contributed by atoms with Crippen molar-refractivity contribution in [3.8, 4) is 0 Å². The molecule has 16 heavy (non-hydrogen) atoms. The van der Waals surface area contributed by atoms with Gasteiger partial charge in [-0.15, -0.1) is 0 Å². The van der Waals surface area contributed by atoms with E-state index in [1.807, 2.05) is 18.3 Å². The van der Waals surface area contributed by atoms with Crippen LogP contribution in [0.15, 0.2) is 24.4 Å². The predicted molar refractivity (Wildman–Crippen MR) is 67.0 cm³/mol. The van der Waals surface area contributed by atoms with Gasteiger partial charge in [-0.25, -0.2) is 0 Å². The maximum Gasteiger partial charge on any atom is 0.0421 e. The lowest BCUT2D eigenvalue weighted by atomic mass is 9.70. The first-order valence-electron chi connectivity index (χ1n) is 6.28. The maximum atomic E-state index is 6.50. The van der Waals surface area contributed by atoms with Crippen molar-refractivity contribution < 1.29 is 0 Å². The molecule has 0 bridgehead atoms. The van der Waals surface area contributed by atoms with Crippen LogP contribution in [0.25, 0.3) is 0 Å². The molecule has 0 spiro atoms. The van der Waals surface area contributed by atoms with E-state index in [2.05, 4.69) is 24.9 Å². The van der Waals surface area contributed by atoms with E-state index in [4.69, 9.17) is 5.73 Å². The predicted octanol–water partition coefficient (Wildman–Crippen LogP) is 2.78. The molecule has 1 aromatic heterocycles. The van der Waals surface area contributed by atoms with E-state index >= 15 is 0 Å². The van der Waals surface area contributed by atoms with Crippen molar-refractivity contribution in [2.75, 3.05) is 0 Å². The average molecular weight is 218 g/mol. The van der Waals surface area contributed by atoms with Crippen molar-refractivity contribution in [3.63, 3.8) is 0 Å². The summed E-state index contributed by atoms with van der Waals surface area (Å²) >= 11 is 0. The second kappa shape index (κ2) is 4.54. The van der Waals surface area contributed by atoms with Crippen LogP contribution in [0.3, 0.4) is 0 Å². The van der Waals surface area contributed by atoms with E-state index in [0.29, 0.717) is 0 Å². The van der Waals surface area contributed by atoms with Gasteiger partial charge in [-0.1, -0.05) is 19.9 Å². The fraction of sp³-hybridized carbons (Fsp3) is 0.643. The molecule has 1 aliphatic carbocycles. The molecule has 0 radical (unpaired) electrons. The lowest BCUT2D eigenvalue weighted by Gasteiger charge is -2.40. The Balaban J connectivity index is 2.04. The highest BCUT2D eigenvalue weighted by Crippen LogP contribution is 2.36. The molecule has 88 valence electrons. The summed E-state index contributed by atoms with van der Waals surface area (Å²) in [6.07, 6.45) is 6.29. The molecular formula is C14H22N2. The Bertz CT molecular complexity index is 336. The second-order valence-corrected chi connectivity index (χ2v) is 5.56. The number of hydrogen-bond donors (Lipinski definition) is 1. The smallest absolute Gasteiger partial charge is 0.0421 e. The summed E-state index contributed by atoms with van der Waals surface area (Å²) in [6, 6.07) is 6.08. The van der Waals surface area contributed by atoms with Crippen LogP contribution >= 0.6 is 0 Å². The zero-order valence-corrected chi connectivity index (χ0v) is 10.3. The van der Waals surface area contributed by atoms with Crippen molar-refractivity contribution in [2.45, 2.75) is 45.1 Å². The van der Waals surface area contributed by atoms with Crippen LogP contribution in [0.4, 0.5) is 0 Å². The van der Waals surface area contributed by atoms with Gasteiger partial charge in [0.1, 0.15) is 0 Å². The van der Waals surface area contributed by atoms with E-state index in [-0.39, 0.29) is 5.54 Å². The highest BCUT2D eigenvalue weighted by molar-refractivity contribution is 5.09. The highest BCUT2D eigenvalue weighted by atomic mass is 14.8. The first-order valence-corrected chi connectivity index (χ1v) is 6.28. The molecule has 1 aromatic rings. The monoisotopic (exact) mass is 218 g/mol. The third kappa shape index (κ3) is 2.62. The number of nitrogens with two attached hydrogens (primary N) is 1. The number of rotatable bonds is 2. The molecule has 3 unspecified atom stereocenters. The number of aromatic nitrogens is 1. The van der Waals surface area contributed by atoms with Gasteiger partial charge in [-0.05, 0) is 43.2 Å². The van der Waals surface area contributed by atoms with Gasteiger partial charge in [0.15, 0.2) is 0 Å². The topological polar surface area (TPSA) is 38.9 Å². The summed E-state index contributed by atoms with van der Waals surface area (Å²) in [5, 5.41) is 0. The molecule has 2 N–H and O–H groups in total. The molecule has 0 saturated heterocycles. The molecule has 0 amide bonds. The molecule has 1 heterocycles. The highest BCUT2D eigenvalue weighted by Gasteiger charge is 2.34. The number of nitrogens with zero attached hydrogens (tertiary/aromatic N) is 1. The summed E-state index contributed by atoms with van der Waals surface area (Å²) in [5.41, 5.74) is 7.61. The van der Waals surface area contributed by atoms with Gasteiger partial charge >= 0.3 is 0 Å². The van der Waals surface area contributed by atoms with Gasteiger partial charge in [-0.2, -0.15) is 0 Å². The van der Waals surface area contributed by atoms with Gasteiger partial charge in [0.25, 0.3) is 0 Å². The Kier molecular flexibility index (Phi) is 3.29. The SMILES string of the molecule is CC1CCC(N)(Cc2ccccn2)CC1C. The van der Waals surface area contributed by atoms with E-state index in [1.54, 1.807) is 0 Å². The van der Waals surface area contributed by atoms with Crippen LogP contribution < -0.4 is 5.73 Å². The second-order valence-electron chi connectivity index (χ2n) is 5.56. The largest absolute Gasteiger partial charge is 0.325 e. The van der Waals surface area contributed by atoms with Gasteiger partial charge in [0.2, 0.25) is 0 Å². The van der Waals surface area contributed by atoms with Crippen molar-refractivity contribution >= 4 is 0 Å². The summed E-state index contributed by atoms with van der Waals surface area (Å²) in [4.78, 5) is 4.38. The molecule has 1 saturated carbocycles. The standard InChI is InChI=1S/C14H22N2/c1-11-6-7-14(15,9-12(11)2)10-13-5-3-4-8-16-13/h3-5,8,11-12H,6-7,9-10,15H2,1-2H3. The number of hydrogen-bond acceptors (Lipinski definition) is 2. The molecule has 2 nitrogen and oxygen atoms in total. The molecular weight excluding hydrogens is 196 g/mol. The third-order valence-corrected chi connectivity index (χ3v) is 4.06. The Morgan fingerprint density at radius 1 is 1.38 bits per heavy atom. The summed E-state index contributed by atoms with van der Waals surface area (Å²) in [6.45, 7) is 4.66. The Morgan fingerprint density at radius 3 is 2.81 bits per heavy atom. The fourth-order valence-corrected chi connectivity index (χ4v) is 2.77. The molecule has 0 aromatic carbocycles. The van der Waals surface area contributed by atoms with Crippen LogP contribution in [0.1, 0.15) is 38.8 Å². The molecule has 1 fully saturated rings. The van der Waals surface area contributed by atoms with Crippen LogP contribution in [-0.4, -0.2) is 10.5 Å². The van der Waals surface area contributed by atoms with Crippen molar-refractivity contribution in [1.82, 2.24) is 4.98 Å². The van der Waals surface area contributed by atoms with Crippen molar-refractivity contribution in [1.29, 1.82) is 0 Å².